The number of anilines is 1. The van der Waals surface area contributed by atoms with E-state index in [1.54, 1.807) is 7.11 Å². The molecule has 0 bridgehead atoms. The van der Waals surface area contributed by atoms with E-state index in [1.807, 2.05) is 6.92 Å². The molecule has 1 aromatic heterocycles. The number of hydrogen-bond donors (Lipinski definition) is 2. The van der Waals surface area contributed by atoms with E-state index in [0.717, 1.165) is 42.8 Å². The molecule has 1 aliphatic carbocycles. The number of ether oxygens (including phenoxy) is 1. The van der Waals surface area contributed by atoms with Crippen molar-refractivity contribution in [3.05, 3.63) is 17.1 Å². The second-order valence-electron chi connectivity index (χ2n) is 5.87. The summed E-state index contributed by atoms with van der Waals surface area (Å²) in [5, 5.41) is 0. The van der Waals surface area contributed by atoms with Gasteiger partial charge < -0.3 is 10.2 Å². The number of aromatic nitrogens is 2. The SMILES string of the molecule is CCc1nc(C2(OC)CCCC(C)C2)nc(NN)c1C. The Morgan fingerprint density at radius 3 is 2.75 bits per heavy atom. The van der Waals surface area contributed by atoms with E-state index in [2.05, 4.69) is 24.3 Å². The maximum absolute atomic E-state index is 5.88. The molecule has 0 saturated heterocycles. The molecule has 2 rings (SSSR count). The van der Waals surface area contributed by atoms with Gasteiger partial charge in [-0.2, -0.15) is 0 Å². The van der Waals surface area contributed by atoms with E-state index < -0.39 is 0 Å². The zero-order chi connectivity index (χ0) is 14.8. The number of hydrogen-bond acceptors (Lipinski definition) is 5. The van der Waals surface area contributed by atoms with Crippen molar-refractivity contribution in [1.82, 2.24) is 9.97 Å². The lowest BCUT2D eigenvalue weighted by Crippen LogP contribution is -2.36. The van der Waals surface area contributed by atoms with Crippen LogP contribution in [0.2, 0.25) is 0 Å². The van der Waals surface area contributed by atoms with Crippen LogP contribution in [0, 0.1) is 12.8 Å². The molecule has 0 spiro atoms. The van der Waals surface area contributed by atoms with Crippen molar-refractivity contribution in [1.29, 1.82) is 0 Å². The summed E-state index contributed by atoms with van der Waals surface area (Å²) in [6.45, 7) is 6.37. The average Bonchev–Trinajstić information content (AvgIpc) is 2.47. The van der Waals surface area contributed by atoms with Gasteiger partial charge in [-0.15, -0.1) is 0 Å². The van der Waals surface area contributed by atoms with Crippen molar-refractivity contribution in [3.63, 3.8) is 0 Å². The first kappa shape index (κ1) is 15.2. The topological polar surface area (TPSA) is 73.1 Å². The highest BCUT2D eigenvalue weighted by Crippen LogP contribution is 2.41. The number of nitrogens with two attached hydrogens (primary N) is 1. The first-order valence-electron chi connectivity index (χ1n) is 7.46. The minimum atomic E-state index is -0.360. The minimum absolute atomic E-state index is 0.360. The lowest BCUT2D eigenvalue weighted by atomic mass is 9.78. The second-order valence-corrected chi connectivity index (χ2v) is 5.87. The van der Waals surface area contributed by atoms with Crippen LogP contribution >= 0.6 is 0 Å². The molecule has 0 radical (unpaired) electrons. The van der Waals surface area contributed by atoms with E-state index in [1.165, 1.54) is 6.42 Å². The van der Waals surface area contributed by atoms with Gasteiger partial charge >= 0.3 is 0 Å². The van der Waals surface area contributed by atoms with Crippen LogP contribution in [0.4, 0.5) is 5.82 Å². The van der Waals surface area contributed by atoms with Crippen LogP contribution < -0.4 is 11.3 Å². The fraction of sp³-hybridized carbons (Fsp3) is 0.733. The molecule has 2 atom stereocenters. The largest absolute Gasteiger partial charge is 0.370 e. The Kier molecular flexibility index (Phi) is 4.60. The third-order valence-corrected chi connectivity index (χ3v) is 4.47. The Balaban J connectivity index is 2.49. The third-order valence-electron chi connectivity index (χ3n) is 4.47. The second kappa shape index (κ2) is 6.06. The van der Waals surface area contributed by atoms with Gasteiger partial charge in [0.05, 0.1) is 0 Å². The molecule has 0 amide bonds. The van der Waals surface area contributed by atoms with Crippen molar-refractivity contribution < 1.29 is 4.74 Å². The van der Waals surface area contributed by atoms with Gasteiger partial charge in [0.25, 0.3) is 0 Å². The van der Waals surface area contributed by atoms with E-state index in [0.29, 0.717) is 11.7 Å². The molecule has 1 aliphatic rings. The number of aryl methyl sites for hydroxylation is 1. The molecule has 1 fully saturated rings. The summed E-state index contributed by atoms with van der Waals surface area (Å²) < 4.78 is 5.88. The molecule has 2 unspecified atom stereocenters. The maximum Gasteiger partial charge on any atom is 0.162 e. The predicted molar refractivity (Wildman–Crippen MR) is 80.3 cm³/mol. The zero-order valence-corrected chi connectivity index (χ0v) is 13.0. The highest BCUT2D eigenvalue weighted by molar-refractivity contribution is 5.45. The summed E-state index contributed by atoms with van der Waals surface area (Å²) in [4.78, 5) is 9.40. The molecule has 20 heavy (non-hydrogen) atoms. The first-order valence-corrected chi connectivity index (χ1v) is 7.46. The van der Waals surface area contributed by atoms with Crippen LogP contribution in [0.1, 0.15) is 56.6 Å². The molecule has 1 aromatic rings. The number of nitrogens with zero attached hydrogens (tertiary/aromatic N) is 2. The Morgan fingerprint density at radius 1 is 1.45 bits per heavy atom. The highest BCUT2D eigenvalue weighted by atomic mass is 16.5. The molecule has 0 aliphatic heterocycles. The van der Waals surface area contributed by atoms with Crippen LogP contribution in [0.3, 0.4) is 0 Å². The van der Waals surface area contributed by atoms with Gasteiger partial charge in [0, 0.05) is 18.4 Å². The summed E-state index contributed by atoms with van der Waals surface area (Å²) in [5.41, 5.74) is 4.40. The Labute approximate surface area is 121 Å². The van der Waals surface area contributed by atoms with Gasteiger partial charge in [-0.05, 0) is 38.5 Å². The van der Waals surface area contributed by atoms with Crippen molar-refractivity contribution in [3.8, 4) is 0 Å². The summed E-state index contributed by atoms with van der Waals surface area (Å²) >= 11 is 0. The zero-order valence-electron chi connectivity index (χ0n) is 13.0. The van der Waals surface area contributed by atoms with Crippen LogP contribution in [-0.2, 0) is 16.8 Å². The highest BCUT2D eigenvalue weighted by Gasteiger charge is 2.40. The molecule has 0 aromatic carbocycles. The van der Waals surface area contributed by atoms with Crippen molar-refractivity contribution >= 4 is 5.82 Å². The lowest BCUT2D eigenvalue weighted by Gasteiger charge is -2.38. The molecule has 5 nitrogen and oxygen atoms in total. The van der Waals surface area contributed by atoms with Gasteiger partial charge in [0.15, 0.2) is 5.82 Å². The van der Waals surface area contributed by atoms with E-state index >= 15 is 0 Å². The van der Waals surface area contributed by atoms with E-state index in [4.69, 9.17) is 15.6 Å². The van der Waals surface area contributed by atoms with Gasteiger partial charge in [-0.25, -0.2) is 15.8 Å². The van der Waals surface area contributed by atoms with Crippen molar-refractivity contribution in [2.45, 2.75) is 58.5 Å². The molecular formula is C15H26N4O. The minimum Gasteiger partial charge on any atom is -0.370 e. The Hall–Kier alpha value is -1.20. The van der Waals surface area contributed by atoms with Crippen LogP contribution in [-0.4, -0.2) is 17.1 Å². The number of hydrazine groups is 1. The molecule has 1 heterocycles. The summed E-state index contributed by atoms with van der Waals surface area (Å²) in [7, 11) is 1.77. The maximum atomic E-state index is 5.88. The predicted octanol–water partition coefficient (Wildman–Crippen LogP) is 2.68. The molecule has 112 valence electrons. The third kappa shape index (κ3) is 2.65. The number of methoxy groups -OCH3 is 1. The van der Waals surface area contributed by atoms with E-state index in [-0.39, 0.29) is 5.60 Å². The molecule has 3 N–H and O–H groups in total. The van der Waals surface area contributed by atoms with Crippen LogP contribution in [0.25, 0.3) is 0 Å². The van der Waals surface area contributed by atoms with Gasteiger partial charge in [-0.3, -0.25) is 0 Å². The smallest absolute Gasteiger partial charge is 0.162 e. The number of rotatable bonds is 4. The quantitative estimate of drug-likeness (QED) is 0.654. The first-order chi connectivity index (χ1) is 9.56. The summed E-state index contributed by atoms with van der Waals surface area (Å²) in [6, 6.07) is 0. The van der Waals surface area contributed by atoms with Crippen LogP contribution in [0.15, 0.2) is 0 Å². The van der Waals surface area contributed by atoms with Crippen molar-refractivity contribution in [2.75, 3.05) is 12.5 Å². The average molecular weight is 278 g/mol. The van der Waals surface area contributed by atoms with Gasteiger partial charge in [-0.1, -0.05) is 20.3 Å². The molecule has 5 heteroatoms. The van der Waals surface area contributed by atoms with Gasteiger partial charge in [0.2, 0.25) is 0 Å². The van der Waals surface area contributed by atoms with E-state index in [9.17, 15) is 0 Å². The standard InChI is InChI=1S/C15H26N4O/c1-5-12-11(3)13(19-16)18-14(17-12)15(20-4)8-6-7-10(2)9-15/h10H,5-9,16H2,1-4H3,(H,17,18,19). The van der Waals surface area contributed by atoms with Crippen LogP contribution in [0.5, 0.6) is 0 Å². The summed E-state index contributed by atoms with van der Waals surface area (Å²) in [5.74, 6) is 7.73. The lowest BCUT2D eigenvalue weighted by molar-refractivity contribution is -0.0646. The fourth-order valence-electron chi connectivity index (χ4n) is 3.23. The summed E-state index contributed by atoms with van der Waals surface area (Å²) in [6.07, 6.45) is 5.22. The Morgan fingerprint density at radius 2 is 2.20 bits per heavy atom. The normalized spacial score (nSPS) is 26.6. The monoisotopic (exact) mass is 278 g/mol. The number of nitrogen functional groups attached to an aromatic ring is 1. The molecule has 1 saturated carbocycles. The molecular weight excluding hydrogens is 252 g/mol. The van der Waals surface area contributed by atoms with Crippen molar-refractivity contribution in [2.24, 2.45) is 11.8 Å². The Bertz CT molecular complexity index is 452. The van der Waals surface area contributed by atoms with Gasteiger partial charge in [0.1, 0.15) is 11.4 Å². The fourth-order valence-corrected chi connectivity index (χ4v) is 3.23. The number of nitrogens with one attached hydrogen (secondary N) is 1.